The summed E-state index contributed by atoms with van der Waals surface area (Å²) < 4.78 is 0. The second-order valence-electron chi connectivity index (χ2n) is 5.66. The summed E-state index contributed by atoms with van der Waals surface area (Å²) in [5, 5.41) is 8.91. The molecule has 2 rings (SSSR count). The highest BCUT2D eigenvalue weighted by Crippen LogP contribution is 2.35. The van der Waals surface area contributed by atoms with E-state index in [1.165, 1.54) is 0 Å². The molecular formula is C13H22N2O3. The maximum absolute atomic E-state index is 12.3. The lowest BCUT2D eigenvalue weighted by molar-refractivity contribution is -0.152. The van der Waals surface area contributed by atoms with Crippen LogP contribution in [0.2, 0.25) is 0 Å². The summed E-state index contributed by atoms with van der Waals surface area (Å²) >= 11 is 0. The number of likely N-dealkylation sites (tertiary alicyclic amines) is 1. The molecule has 1 heterocycles. The first-order chi connectivity index (χ1) is 8.54. The Labute approximate surface area is 107 Å². The average molecular weight is 254 g/mol. The van der Waals surface area contributed by atoms with Crippen LogP contribution < -0.4 is 5.73 Å². The van der Waals surface area contributed by atoms with Gasteiger partial charge in [-0.25, -0.2) is 0 Å². The van der Waals surface area contributed by atoms with E-state index in [1.54, 1.807) is 6.92 Å². The van der Waals surface area contributed by atoms with Crippen LogP contribution in [-0.4, -0.2) is 41.5 Å². The summed E-state index contributed by atoms with van der Waals surface area (Å²) in [6.45, 7) is 3.49. The van der Waals surface area contributed by atoms with Crippen LogP contribution >= 0.6 is 0 Å². The monoisotopic (exact) mass is 254 g/mol. The van der Waals surface area contributed by atoms with Gasteiger partial charge < -0.3 is 15.7 Å². The number of carbonyl (C=O) groups excluding carboxylic acids is 1. The lowest BCUT2D eigenvalue weighted by Crippen LogP contribution is -2.55. The Hall–Kier alpha value is -1.10. The summed E-state index contributed by atoms with van der Waals surface area (Å²) in [7, 11) is 0. The van der Waals surface area contributed by atoms with Gasteiger partial charge in [-0.1, -0.05) is 13.3 Å². The van der Waals surface area contributed by atoms with E-state index in [0.29, 0.717) is 25.6 Å². The van der Waals surface area contributed by atoms with Gasteiger partial charge in [0.05, 0.1) is 5.92 Å². The number of nitrogens with two attached hydrogens (primary N) is 1. The maximum atomic E-state index is 12.3. The van der Waals surface area contributed by atoms with Crippen LogP contribution in [0.5, 0.6) is 0 Å². The minimum absolute atomic E-state index is 0.0797. The Balaban J connectivity index is 1.85. The summed E-state index contributed by atoms with van der Waals surface area (Å²) in [4.78, 5) is 24.9. The third kappa shape index (κ3) is 2.36. The van der Waals surface area contributed by atoms with Crippen LogP contribution in [-0.2, 0) is 9.59 Å². The summed E-state index contributed by atoms with van der Waals surface area (Å²) in [6.07, 6.45) is 3.08. The van der Waals surface area contributed by atoms with Crippen molar-refractivity contribution in [1.82, 2.24) is 4.90 Å². The molecule has 3 atom stereocenters. The smallest absolute Gasteiger partial charge is 0.306 e. The number of rotatable bonds is 4. The average Bonchev–Trinajstić information content (AvgIpc) is 2.74. The summed E-state index contributed by atoms with van der Waals surface area (Å²) in [6, 6.07) is 0. The number of carbonyl (C=O) groups is 2. The molecular weight excluding hydrogens is 232 g/mol. The molecule has 0 bridgehead atoms. The molecule has 0 radical (unpaired) electrons. The van der Waals surface area contributed by atoms with Crippen molar-refractivity contribution >= 4 is 11.9 Å². The van der Waals surface area contributed by atoms with Crippen LogP contribution in [0, 0.1) is 23.7 Å². The number of amides is 1. The molecule has 3 N–H and O–H groups in total. The van der Waals surface area contributed by atoms with Crippen molar-refractivity contribution in [2.75, 3.05) is 19.6 Å². The molecule has 3 unspecified atom stereocenters. The summed E-state index contributed by atoms with van der Waals surface area (Å²) in [5.41, 5.74) is 5.69. The molecule has 18 heavy (non-hydrogen) atoms. The maximum Gasteiger partial charge on any atom is 0.306 e. The third-order valence-corrected chi connectivity index (χ3v) is 4.60. The zero-order valence-electron chi connectivity index (χ0n) is 10.8. The van der Waals surface area contributed by atoms with E-state index in [-0.39, 0.29) is 23.7 Å². The van der Waals surface area contributed by atoms with Gasteiger partial charge in [0.25, 0.3) is 0 Å². The largest absolute Gasteiger partial charge is 0.481 e. The Bertz CT molecular complexity index is 339. The van der Waals surface area contributed by atoms with Crippen LogP contribution in [0.15, 0.2) is 0 Å². The molecule has 5 nitrogen and oxygen atoms in total. The van der Waals surface area contributed by atoms with Gasteiger partial charge in [-0.2, -0.15) is 0 Å². The first-order valence-corrected chi connectivity index (χ1v) is 6.76. The number of hydrogen-bond donors (Lipinski definition) is 2. The van der Waals surface area contributed by atoms with Gasteiger partial charge in [0.15, 0.2) is 0 Å². The van der Waals surface area contributed by atoms with E-state index < -0.39 is 5.97 Å². The molecule has 2 fully saturated rings. The van der Waals surface area contributed by atoms with Gasteiger partial charge in [0.2, 0.25) is 5.91 Å². The Morgan fingerprint density at radius 2 is 2.06 bits per heavy atom. The van der Waals surface area contributed by atoms with E-state index >= 15 is 0 Å². The first kappa shape index (κ1) is 13.3. The van der Waals surface area contributed by atoms with Crippen molar-refractivity contribution in [3.8, 4) is 0 Å². The van der Waals surface area contributed by atoms with Crippen molar-refractivity contribution in [2.24, 2.45) is 29.4 Å². The molecule has 0 aromatic carbocycles. The van der Waals surface area contributed by atoms with Crippen molar-refractivity contribution in [2.45, 2.75) is 26.2 Å². The topological polar surface area (TPSA) is 83.6 Å². The quantitative estimate of drug-likeness (QED) is 0.767. The molecule has 0 spiro atoms. The molecule has 1 aliphatic heterocycles. The van der Waals surface area contributed by atoms with E-state index in [1.807, 2.05) is 4.90 Å². The highest BCUT2D eigenvalue weighted by atomic mass is 16.4. The van der Waals surface area contributed by atoms with E-state index in [9.17, 15) is 9.59 Å². The van der Waals surface area contributed by atoms with Crippen molar-refractivity contribution in [3.63, 3.8) is 0 Å². The van der Waals surface area contributed by atoms with Crippen LogP contribution in [0.3, 0.4) is 0 Å². The third-order valence-electron chi connectivity index (χ3n) is 4.60. The fourth-order valence-corrected chi connectivity index (χ4v) is 3.09. The zero-order chi connectivity index (χ0) is 13.3. The minimum atomic E-state index is -0.771. The molecule has 2 aliphatic rings. The van der Waals surface area contributed by atoms with Crippen LogP contribution in [0.25, 0.3) is 0 Å². The van der Waals surface area contributed by atoms with Crippen LogP contribution in [0.4, 0.5) is 0 Å². The fraction of sp³-hybridized carbons (Fsp3) is 0.846. The van der Waals surface area contributed by atoms with E-state index in [0.717, 1.165) is 19.3 Å². The Kier molecular flexibility index (Phi) is 3.90. The molecule has 0 aromatic heterocycles. The number of nitrogens with zero attached hydrogens (tertiary/aromatic N) is 1. The van der Waals surface area contributed by atoms with Crippen molar-refractivity contribution in [1.29, 1.82) is 0 Å². The van der Waals surface area contributed by atoms with Gasteiger partial charge in [-0.15, -0.1) is 0 Å². The highest BCUT2D eigenvalue weighted by Gasteiger charge is 2.42. The Morgan fingerprint density at radius 3 is 2.61 bits per heavy atom. The molecule has 1 aliphatic carbocycles. The zero-order valence-corrected chi connectivity index (χ0v) is 10.8. The molecule has 1 saturated heterocycles. The Morgan fingerprint density at radius 1 is 1.39 bits per heavy atom. The number of carboxylic acids is 1. The summed E-state index contributed by atoms with van der Waals surface area (Å²) in [5.74, 6) is -0.416. The molecule has 102 valence electrons. The van der Waals surface area contributed by atoms with Crippen LogP contribution in [0.1, 0.15) is 26.2 Å². The van der Waals surface area contributed by atoms with Gasteiger partial charge in [0, 0.05) is 24.9 Å². The predicted molar refractivity (Wildman–Crippen MR) is 66.8 cm³/mol. The van der Waals surface area contributed by atoms with E-state index in [2.05, 4.69) is 0 Å². The SMILES string of the molecule is CC(C(=O)O)C1CN(C(=O)C2CCCC2CN)C1. The second kappa shape index (κ2) is 5.26. The number of hydrogen-bond acceptors (Lipinski definition) is 3. The number of aliphatic carboxylic acids is 1. The molecule has 5 heteroatoms. The van der Waals surface area contributed by atoms with Gasteiger partial charge >= 0.3 is 5.97 Å². The van der Waals surface area contributed by atoms with Gasteiger partial charge in [-0.05, 0) is 25.3 Å². The number of carboxylic acid groups (broad SMARTS) is 1. The molecule has 1 amide bonds. The minimum Gasteiger partial charge on any atom is -0.481 e. The van der Waals surface area contributed by atoms with Crippen molar-refractivity contribution in [3.05, 3.63) is 0 Å². The predicted octanol–water partition coefficient (Wildman–Crippen LogP) is 0.541. The second-order valence-corrected chi connectivity index (χ2v) is 5.66. The normalized spacial score (nSPS) is 30.0. The standard InChI is InChI=1S/C13H22N2O3/c1-8(13(17)18)10-6-15(7-10)12(16)11-4-2-3-9(11)5-14/h8-11H,2-7,14H2,1H3,(H,17,18). The fourth-order valence-electron chi connectivity index (χ4n) is 3.09. The lowest BCUT2D eigenvalue weighted by Gasteiger charge is -2.43. The highest BCUT2D eigenvalue weighted by molar-refractivity contribution is 5.80. The molecule has 0 aromatic rings. The van der Waals surface area contributed by atoms with Gasteiger partial charge in [-0.3, -0.25) is 9.59 Å². The first-order valence-electron chi connectivity index (χ1n) is 6.76. The lowest BCUT2D eigenvalue weighted by atomic mass is 9.85. The molecule has 1 saturated carbocycles. The van der Waals surface area contributed by atoms with Gasteiger partial charge in [0.1, 0.15) is 0 Å². The van der Waals surface area contributed by atoms with E-state index in [4.69, 9.17) is 10.8 Å². The van der Waals surface area contributed by atoms with Crippen molar-refractivity contribution < 1.29 is 14.7 Å².